The molecule has 0 fully saturated rings. The molecule has 0 spiro atoms. The third-order valence-electron chi connectivity index (χ3n) is 6.42. The zero-order valence-electron chi connectivity index (χ0n) is 18.1. The van der Waals surface area contributed by atoms with E-state index in [-0.39, 0.29) is 29.6 Å². The number of fused-ring (bicyclic) bond motifs is 1. The molecule has 0 radical (unpaired) electrons. The molecule has 0 saturated heterocycles. The average molecular weight is 440 g/mol. The second-order valence-corrected chi connectivity index (χ2v) is 8.57. The zero-order chi connectivity index (χ0) is 22.0. The Morgan fingerprint density at radius 2 is 1.69 bits per heavy atom. The van der Waals surface area contributed by atoms with Gasteiger partial charge in [-0.3, -0.25) is 0 Å². The van der Waals surface area contributed by atoms with Crippen LogP contribution in [0.25, 0.3) is 11.1 Å². The summed E-state index contributed by atoms with van der Waals surface area (Å²) in [5.74, 6) is -0.908. The zero-order valence-corrected chi connectivity index (χ0v) is 18.1. The Labute approximate surface area is 212 Å². The van der Waals surface area contributed by atoms with Crippen LogP contribution in [0.4, 0.5) is 0 Å². The molecule has 3 aromatic rings. The van der Waals surface area contributed by atoms with Crippen LogP contribution in [-0.4, -0.2) is 58.3 Å². The van der Waals surface area contributed by atoms with Gasteiger partial charge in [-0.2, -0.15) is 0 Å². The van der Waals surface area contributed by atoms with E-state index in [1.807, 2.05) is 18.2 Å². The van der Waals surface area contributed by atoms with Crippen molar-refractivity contribution in [1.82, 2.24) is 5.32 Å². The van der Waals surface area contributed by atoms with Gasteiger partial charge in [0.2, 0.25) is 0 Å². The fourth-order valence-corrected chi connectivity index (χ4v) is 4.28. The predicted molar refractivity (Wildman–Crippen MR) is 131 cm³/mol. The summed E-state index contributed by atoms with van der Waals surface area (Å²) >= 11 is 0. The van der Waals surface area contributed by atoms with Crippen molar-refractivity contribution in [3.8, 4) is 11.1 Å². The monoisotopic (exact) mass is 439 g/mol. The summed E-state index contributed by atoms with van der Waals surface area (Å²) in [6.45, 7) is 4.70. The standard InChI is InChI=1S/C27H29NO3.Na.H/c1-17-3-4-23(13-18(17)2)26(29)16-28-25-12-11-20-7-10-22(14-24(20)15-25)19-5-8-21(9-6-19)27(30)31;;/h3-10,13-14,25-26,28-29H,11-12,15-16H2,1-2H3,(H,30,31);;/t25-,26+;;/m0../s1. The molecule has 0 unspecified atom stereocenters. The maximum atomic E-state index is 11.1. The molecule has 1 aliphatic rings. The van der Waals surface area contributed by atoms with E-state index in [1.54, 1.807) is 12.1 Å². The van der Waals surface area contributed by atoms with Crippen molar-refractivity contribution in [2.45, 2.75) is 45.3 Å². The first-order valence-corrected chi connectivity index (χ1v) is 10.8. The molecule has 0 heterocycles. The number of carboxylic acids is 1. The normalized spacial score (nSPS) is 16.0. The summed E-state index contributed by atoms with van der Waals surface area (Å²) in [7, 11) is 0. The van der Waals surface area contributed by atoms with Gasteiger partial charge in [-0.1, -0.05) is 48.5 Å². The summed E-state index contributed by atoms with van der Waals surface area (Å²) in [5.41, 5.74) is 8.52. The minimum absolute atomic E-state index is 0. The Kier molecular flexibility index (Phi) is 8.32. The SMILES string of the molecule is Cc1ccc([C@H](O)CN[C@H]2CCc3ccc(-c4ccc(C(=O)O)cc4)cc3C2)cc1C.[NaH]. The first-order chi connectivity index (χ1) is 14.9. The van der Waals surface area contributed by atoms with Gasteiger partial charge < -0.3 is 15.5 Å². The number of hydrogen-bond acceptors (Lipinski definition) is 3. The molecular weight excluding hydrogens is 409 g/mol. The summed E-state index contributed by atoms with van der Waals surface area (Å²) in [4.78, 5) is 11.1. The number of aromatic carboxylic acids is 1. The van der Waals surface area contributed by atoms with Gasteiger partial charge in [0.25, 0.3) is 0 Å². The van der Waals surface area contributed by atoms with E-state index < -0.39 is 12.1 Å². The van der Waals surface area contributed by atoms with Gasteiger partial charge in [0.05, 0.1) is 11.7 Å². The molecule has 5 heteroatoms. The molecule has 2 atom stereocenters. The van der Waals surface area contributed by atoms with Crippen LogP contribution >= 0.6 is 0 Å². The molecule has 1 aliphatic carbocycles. The van der Waals surface area contributed by atoms with E-state index in [0.29, 0.717) is 18.2 Å². The van der Waals surface area contributed by atoms with Gasteiger partial charge in [-0.05, 0) is 84.2 Å². The average Bonchev–Trinajstić information content (AvgIpc) is 2.78. The van der Waals surface area contributed by atoms with Crippen LogP contribution in [0.2, 0.25) is 0 Å². The Bertz CT molecular complexity index is 1090. The number of aliphatic hydroxyl groups excluding tert-OH is 1. The summed E-state index contributed by atoms with van der Waals surface area (Å²) in [6.07, 6.45) is 2.49. The molecule has 4 rings (SSSR count). The van der Waals surface area contributed by atoms with Gasteiger partial charge in [-0.25, -0.2) is 4.79 Å². The van der Waals surface area contributed by atoms with Crippen molar-refractivity contribution in [3.63, 3.8) is 0 Å². The van der Waals surface area contributed by atoms with Crippen molar-refractivity contribution in [2.75, 3.05) is 6.54 Å². The molecule has 3 N–H and O–H groups in total. The molecule has 0 amide bonds. The Hall–Kier alpha value is -1.95. The molecule has 32 heavy (non-hydrogen) atoms. The molecule has 4 nitrogen and oxygen atoms in total. The van der Waals surface area contributed by atoms with Crippen molar-refractivity contribution in [1.29, 1.82) is 0 Å². The van der Waals surface area contributed by atoms with E-state index in [4.69, 9.17) is 5.11 Å². The quantitative estimate of drug-likeness (QED) is 0.504. The maximum absolute atomic E-state index is 11.1. The molecule has 162 valence electrons. The van der Waals surface area contributed by atoms with Gasteiger partial charge in [0.15, 0.2) is 0 Å². The number of benzene rings is 3. The van der Waals surface area contributed by atoms with Crippen molar-refractivity contribution < 1.29 is 15.0 Å². The van der Waals surface area contributed by atoms with Crippen LogP contribution in [0, 0.1) is 13.8 Å². The molecule has 0 aliphatic heterocycles. The van der Waals surface area contributed by atoms with Crippen molar-refractivity contribution in [2.24, 2.45) is 0 Å². The fourth-order valence-electron chi connectivity index (χ4n) is 4.28. The second-order valence-electron chi connectivity index (χ2n) is 8.57. The first kappa shape index (κ1) is 24.7. The summed E-state index contributed by atoms with van der Waals surface area (Å²) in [5, 5.41) is 23.3. The van der Waals surface area contributed by atoms with Gasteiger partial charge in [-0.15, -0.1) is 0 Å². The van der Waals surface area contributed by atoms with E-state index in [1.165, 1.54) is 22.3 Å². The summed E-state index contributed by atoms with van der Waals surface area (Å²) in [6, 6.07) is 20.0. The second kappa shape index (κ2) is 10.8. The number of carbonyl (C=O) groups is 1. The number of nitrogens with one attached hydrogen (secondary N) is 1. The van der Waals surface area contributed by atoms with Gasteiger partial charge in [0.1, 0.15) is 0 Å². The topological polar surface area (TPSA) is 69.6 Å². The molecule has 3 aromatic carbocycles. The predicted octanol–water partition coefficient (Wildman–Crippen LogP) is 4.20. The van der Waals surface area contributed by atoms with Gasteiger partial charge >= 0.3 is 35.5 Å². The van der Waals surface area contributed by atoms with Crippen LogP contribution in [0.3, 0.4) is 0 Å². The molecule has 0 bridgehead atoms. The Morgan fingerprint density at radius 1 is 0.969 bits per heavy atom. The number of rotatable bonds is 6. The van der Waals surface area contributed by atoms with Crippen LogP contribution in [-0.2, 0) is 12.8 Å². The van der Waals surface area contributed by atoms with E-state index in [0.717, 1.165) is 36.0 Å². The molecular formula is C27H30NNaO3. The molecule has 0 saturated carbocycles. The van der Waals surface area contributed by atoms with Crippen molar-refractivity contribution >= 4 is 35.5 Å². The van der Waals surface area contributed by atoms with Crippen LogP contribution < -0.4 is 5.32 Å². The number of hydrogen-bond donors (Lipinski definition) is 3. The third kappa shape index (κ3) is 5.69. The van der Waals surface area contributed by atoms with Crippen LogP contribution in [0.5, 0.6) is 0 Å². The minimum atomic E-state index is -0.908. The Morgan fingerprint density at radius 3 is 2.38 bits per heavy atom. The van der Waals surface area contributed by atoms with Gasteiger partial charge in [0, 0.05) is 12.6 Å². The van der Waals surface area contributed by atoms with Crippen molar-refractivity contribution in [3.05, 3.63) is 94.0 Å². The van der Waals surface area contributed by atoms with E-state index in [9.17, 15) is 9.90 Å². The third-order valence-corrected chi connectivity index (χ3v) is 6.42. The van der Waals surface area contributed by atoms with Crippen LogP contribution in [0.1, 0.15) is 50.7 Å². The number of aryl methyl sites for hydroxylation is 3. The van der Waals surface area contributed by atoms with E-state index in [2.05, 4.69) is 49.5 Å². The number of aliphatic hydroxyl groups is 1. The fraction of sp³-hybridized carbons (Fsp3) is 0.296. The number of carboxylic acid groups (broad SMARTS) is 1. The summed E-state index contributed by atoms with van der Waals surface area (Å²) < 4.78 is 0. The molecule has 0 aromatic heterocycles. The Balaban J connectivity index is 0.00000289. The first-order valence-electron chi connectivity index (χ1n) is 10.8. The van der Waals surface area contributed by atoms with Crippen LogP contribution in [0.15, 0.2) is 60.7 Å². The van der Waals surface area contributed by atoms with E-state index >= 15 is 0 Å².